The molecular formula is C26H26ClN3O3S2. The van der Waals surface area contributed by atoms with Crippen molar-refractivity contribution in [3.63, 3.8) is 0 Å². The summed E-state index contributed by atoms with van der Waals surface area (Å²) < 4.78 is 28.2. The van der Waals surface area contributed by atoms with Crippen LogP contribution in [0, 0.1) is 0 Å². The smallest absolute Gasteiger partial charge is 0.264 e. The number of amidine groups is 1. The normalized spacial score (nSPS) is 14.9. The van der Waals surface area contributed by atoms with Crippen LogP contribution >= 0.6 is 23.4 Å². The summed E-state index contributed by atoms with van der Waals surface area (Å²) in [7, 11) is -3.89. The lowest BCUT2D eigenvalue weighted by atomic mass is 10.2. The second kappa shape index (κ2) is 11.3. The number of anilines is 1. The monoisotopic (exact) mass is 527 g/mol. The lowest BCUT2D eigenvalue weighted by molar-refractivity contribution is 0.0859. The van der Waals surface area contributed by atoms with Gasteiger partial charge in [0.15, 0.2) is 5.17 Å². The molecule has 35 heavy (non-hydrogen) atoms. The highest BCUT2D eigenvalue weighted by molar-refractivity contribution is 8.14. The molecule has 9 heteroatoms. The Morgan fingerprint density at radius 2 is 1.74 bits per heavy atom. The number of sulfonamides is 1. The van der Waals surface area contributed by atoms with E-state index in [1.807, 2.05) is 36.4 Å². The number of para-hydroxylation sites is 1. The molecule has 1 aliphatic rings. The van der Waals surface area contributed by atoms with E-state index in [4.69, 9.17) is 11.6 Å². The van der Waals surface area contributed by atoms with Crippen LogP contribution in [0.15, 0.2) is 88.8 Å². The first-order chi connectivity index (χ1) is 16.9. The standard InChI is InChI=1S/C26H26ClN3O3S2/c1-2-30(21-11-7-4-8-12-21)35(32,33)22-13-14-24(27)23(19-22)25(31)29-17-18-34-26(29)28-16-15-20-9-5-3-6-10-20/h3-14,19H,2,15-18H2,1H3. The molecule has 0 aromatic heterocycles. The highest BCUT2D eigenvalue weighted by Crippen LogP contribution is 2.29. The number of rotatable bonds is 8. The zero-order valence-corrected chi connectivity index (χ0v) is 21.7. The Kier molecular flexibility index (Phi) is 8.15. The van der Waals surface area contributed by atoms with E-state index in [2.05, 4.69) is 4.99 Å². The van der Waals surface area contributed by atoms with E-state index in [0.29, 0.717) is 23.9 Å². The van der Waals surface area contributed by atoms with E-state index in [-0.39, 0.29) is 27.9 Å². The number of carbonyl (C=O) groups excluding carboxylic acids is 1. The quantitative estimate of drug-likeness (QED) is 0.396. The number of benzene rings is 3. The van der Waals surface area contributed by atoms with Gasteiger partial charge in [0.25, 0.3) is 15.9 Å². The molecular weight excluding hydrogens is 502 g/mol. The second-order valence-corrected chi connectivity index (χ2v) is 11.2. The fraction of sp³-hybridized carbons (Fsp3) is 0.231. The molecule has 182 valence electrons. The van der Waals surface area contributed by atoms with Gasteiger partial charge in [-0.15, -0.1) is 0 Å². The molecule has 0 N–H and O–H groups in total. The molecule has 0 bridgehead atoms. The predicted octanol–water partition coefficient (Wildman–Crippen LogP) is 5.34. The maximum Gasteiger partial charge on any atom is 0.264 e. The van der Waals surface area contributed by atoms with E-state index in [1.165, 1.54) is 39.8 Å². The minimum Gasteiger partial charge on any atom is -0.287 e. The number of amides is 1. The lowest BCUT2D eigenvalue weighted by Crippen LogP contribution is -2.33. The number of aliphatic imine (C=N–C) groups is 1. The fourth-order valence-electron chi connectivity index (χ4n) is 3.83. The van der Waals surface area contributed by atoms with Crippen molar-refractivity contribution in [1.29, 1.82) is 0 Å². The second-order valence-electron chi connectivity index (χ2n) is 7.85. The Hall–Kier alpha value is -2.81. The van der Waals surface area contributed by atoms with Crippen molar-refractivity contribution >= 4 is 50.1 Å². The molecule has 4 rings (SSSR count). The molecule has 0 radical (unpaired) electrons. The average molecular weight is 528 g/mol. The van der Waals surface area contributed by atoms with Crippen LogP contribution in [0.1, 0.15) is 22.8 Å². The molecule has 0 saturated carbocycles. The van der Waals surface area contributed by atoms with E-state index >= 15 is 0 Å². The number of hydrogen-bond donors (Lipinski definition) is 0. The van der Waals surface area contributed by atoms with Crippen molar-refractivity contribution in [2.24, 2.45) is 4.99 Å². The Labute approximate surface area is 215 Å². The zero-order valence-electron chi connectivity index (χ0n) is 19.3. The molecule has 0 spiro atoms. The summed E-state index contributed by atoms with van der Waals surface area (Å²) >= 11 is 7.90. The summed E-state index contributed by atoms with van der Waals surface area (Å²) in [6.07, 6.45) is 0.772. The minimum absolute atomic E-state index is 0.0189. The van der Waals surface area contributed by atoms with E-state index in [9.17, 15) is 13.2 Å². The maximum atomic E-state index is 13.4. The average Bonchev–Trinajstić information content (AvgIpc) is 3.34. The van der Waals surface area contributed by atoms with Crippen LogP contribution in [0.3, 0.4) is 0 Å². The van der Waals surface area contributed by atoms with Crippen LogP contribution in [0.5, 0.6) is 0 Å². The fourth-order valence-corrected chi connectivity index (χ4v) is 6.50. The Morgan fingerprint density at radius 3 is 2.43 bits per heavy atom. The first kappa shape index (κ1) is 25.3. The molecule has 3 aromatic carbocycles. The number of carbonyl (C=O) groups is 1. The van der Waals surface area contributed by atoms with Crippen LogP contribution in [0.2, 0.25) is 5.02 Å². The summed E-state index contributed by atoms with van der Waals surface area (Å²) in [6.45, 7) is 3.07. The number of thioether (sulfide) groups is 1. The minimum atomic E-state index is -3.89. The van der Waals surface area contributed by atoms with Crippen LogP contribution in [-0.4, -0.2) is 49.8 Å². The lowest BCUT2D eigenvalue weighted by Gasteiger charge is -2.23. The Balaban J connectivity index is 1.58. The summed E-state index contributed by atoms with van der Waals surface area (Å²) in [5.74, 6) is 0.377. The van der Waals surface area contributed by atoms with Gasteiger partial charge in [-0.25, -0.2) is 8.42 Å². The molecule has 1 saturated heterocycles. The molecule has 1 amide bonds. The van der Waals surface area contributed by atoms with Crippen molar-refractivity contribution in [3.8, 4) is 0 Å². The van der Waals surface area contributed by atoms with Gasteiger partial charge in [0.2, 0.25) is 0 Å². The molecule has 1 aliphatic heterocycles. The molecule has 0 aliphatic carbocycles. The Morgan fingerprint density at radius 1 is 1.06 bits per heavy atom. The number of nitrogens with zero attached hydrogens (tertiary/aromatic N) is 3. The largest absolute Gasteiger partial charge is 0.287 e. The van der Waals surface area contributed by atoms with Crippen molar-refractivity contribution in [3.05, 3.63) is 95.0 Å². The third-order valence-electron chi connectivity index (χ3n) is 5.60. The van der Waals surface area contributed by atoms with Gasteiger partial charge in [-0.3, -0.25) is 19.0 Å². The summed E-state index contributed by atoms with van der Waals surface area (Å²) in [6, 6.07) is 23.2. The first-order valence-corrected chi connectivity index (χ1v) is 14.1. The van der Waals surface area contributed by atoms with Crippen LogP contribution < -0.4 is 4.31 Å². The first-order valence-electron chi connectivity index (χ1n) is 11.3. The third-order valence-corrected chi connectivity index (χ3v) is 8.82. The van der Waals surface area contributed by atoms with Gasteiger partial charge in [0, 0.05) is 25.4 Å². The van der Waals surface area contributed by atoms with E-state index in [1.54, 1.807) is 36.1 Å². The van der Waals surface area contributed by atoms with Crippen molar-refractivity contribution in [2.75, 3.05) is 29.7 Å². The molecule has 6 nitrogen and oxygen atoms in total. The van der Waals surface area contributed by atoms with Gasteiger partial charge in [-0.05, 0) is 49.2 Å². The van der Waals surface area contributed by atoms with Crippen LogP contribution in [0.25, 0.3) is 0 Å². The van der Waals surface area contributed by atoms with E-state index in [0.717, 1.165) is 12.2 Å². The van der Waals surface area contributed by atoms with Gasteiger partial charge in [-0.1, -0.05) is 71.9 Å². The van der Waals surface area contributed by atoms with Crippen molar-refractivity contribution < 1.29 is 13.2 Å². The van der Waals surface area contributed by atoms with Crippen LogP contribution in [0.4, 0.5) is 5.69 Å². The highest BCUT2D eigenvalue weighted by atomic mass is 35.5. The van der Waals surface area contributed by atoms with Crippen molar-refractivity contribution in [2.45, 2.75) is 18.2 Å². The molecule has 3 aromatic rings. The van der Waals surface area contributed by atoms with Crippen LogP contribution in [-0.2, 0) is 16.4 Å². The topological polar surface area (TPSA) is 70.1 Å². The molecule has 1 heterocycles. The SMILES string of the molecule is CCN(c1ccccc1)S(=O)(=O)c1ccc(Cl)c(C(=O)N2CCSC2=NCCc2ccccc2)c1. The number of hydrogen-bond acceptors (Lipinski definition) is 5. The van der Waals surface area contributed by atoms with E-state index < -0.39 is 10.0 Å². The summed E-state index contributed by atoms with van der Waals surface area (Å²) in [4.78, 5) is 19.7. The number of halogens is 1. The van der Waals surface area contributed by atoms with Gasteiger partial charge < -0.3 is 0 Å². The summed E-state index contributed by atoms with van der Waals surface area (Å²) in [5.41, 5.74) is 1.88. The summed E-state index contributed by atoms with van der Waals surface area (Å²) in [5, 5.41) is 0.840. The molecule has 0 atom stereocenters. The Bertz CT molecular complexity index is 1320. The maximum absolute atomic E-state index is 13.4. The van der Waals surface area contributed by atoms with Gasteiger partial charge in [0.1, 0.15) is 0 Å². The third kappa shape index (κ3) is 5.72. The van der Waals surface area contributed by atoms with Gasteiger partial charge >= 0.3 is 0 Å². The molecule has 1 fully saturated rings. The predicted molar refractivity (Wildman–Crippen MR) is 144 cm³/mol. The van der Waals surface area contributed by atoms with Gasteiger partial charge in [-0.2, -0.15) is 0 Å². The molecule has 0 unspecified atom stereocenters. The van der Waals surface area contributed by atoms with Crippen molar-refractivity contribution in [1.82, 2.24) is 4.90 Å². The van der Waals surface area contributed by atoms with Gasteiger partial charge in [0.05, 0.1) is 21.2 Å². The highest BCUT2D eigenvalue weighted by Gasteiger charge is 2.30. The zero-order chi connectivity index (χ0) is 24.8.